The van der Waals surface area contributed by atoms with Gasteiger partial charge in [0.05, 0.1) is 11.9 Å². The van der Waals surface area contributed by atoms with Gasteiger partial charge in [-0.25, -0.2) is 0 Å². The van der Waals surface area contributed by atoms with Gasteiger partial charge in [-0.2, -0.15) is 0 Å². The predicted molar refractivity (Wildman–Crippen MR) is 108 cm³/mol. The van der Waals surface area contributed by atoms with Crippen LogP contribution in [-0.4, -0.2) is 46.3 Å². The summed E-state index contributed by atoms with van der Waals surface area (Å²) in [5.41, 5.74) is 0.292. The number of amides is 1. The van der Waals surface area contributed by atoms with Crippen molar-refractivity contribution in [3.05, 3.63) is 46.3 Å². The molecule has 0 unspecified atom stereocenters. The first kappa shape index (κ1) is 17.7. The molecule has 2 aromatic rings. The third-order valence-corrected chi connectivity index (χ3v) is 7.23. The highest BCUT2D eigenvalue weighted by molar-refractivity contribution is 8.39. The number of para-hydroxylation sites is 1. The van der Waals surface area contributed by atoms with Crippen LogP contribution in [0.1, 0.15) is 23.4 Å². The van der Waals surface area contributed by atoms with Crippen LogP contribution in [0.4, 0.5) is 0 Å². The maximum absolute atomic E-state index is 12.7. The second-order valence-electron chi connectivity index (χ2n) is 6.51. The number of hydrogen-bond donors (Lipinski definition) is 0. The fourth-order valence-electron chi connectivity index (χ4n) is 3.26. The van der Waals surface area contributed by atoms with E-state index in [4.69, 9.17) is 4.42 Å². The zero-order chi connectivity index (χ0) is 17.9. The zero-order valence-electron chi connectivity index (χ0n) is 14.3. The molecule has 0 spiro atoms. The van der Waals surface area contributed by atoms with E-state index in [2.05, 4.69) is 4.99 Å². The predicted octanol–water partition coefficient (Wildman–Crippen LogP) is 3.48. The summed E-state index contributed by atoms with van der Waals surface area (Å²) < 4.78 is 6.90. The molecular formula is C19H20N2O3S2. The molecule has 0 radical (unpaired) electrons. The van der Waals surface area contributed by atoms with E-state index in [9.17, 15) is 9.59 Å². The van der Waals surface area contributed by atoms with Gasteiger partial charge < -0.3 is 9.32 Å². The van der Waals surface area contributed by atoms with Crippen LogP contribution in [0.2, 0.25) is 0 Å². The topological polar surface area (TPSA) is 62.9 Å². The van der Waals surface area contributed by atoms with E-state index >= 15 is 0 Å². The molecular weight excluding hydrogens is 368 g/mol. The SMILES string of the molecule is O=C(c1cc(=O)c2ccccc2o1)N1CCC(CSC2=NCCS2)CC1. The molecule has 1 saturated heterocycles. The van der Waals surface area contributed by atoms with E-state index in [0.29, 0.717) is 30.0 Å². The largest absolute Gasteiger partial charge is 0.451 e. The van der Waals surface area contributed by atoms with Crippen molar-refractivity contribution in [2.75, 3.05) is 31.1 Å². The Morgan fingerprint density at radius 1 is 1.31 bits per heavy atom. The highest BCUT2D eigenvalue weighted by Gasteiger charge is 2.26. The Kier molecular flexibility index (Phi) is 5.36. The molecule has 1 aromatic heterocycles. The summed E-state index contributed by atoms with van der Waals surface area (Å²) in [6.07, 6.45) is 1.96. The molecule has 0 N–H and O–H groups in total. The smallest absolute Gasteiger partial charge is 0.289 e. The number of fused-ring (bicyclic) bond motifs is 1. The van der Waals surface area contributed by atoms with Crippen molar-refractivity contribution in [1.29, 1.82) is 0 Å². The van der Waals surface area contributed by atoms with Crippen molar-refractivity contribution in [2.45, 2.75) is 12.8 Å². The summed E-state index contributed by atoms with van der Waals surface area (Å²) in [6.45, 7) is 2.36. The van der Waals surface area contributed by atoms with Gasteiger partial charge in [0.2, 0.25) is 0 Å². The number of hydrogen-bond acceptors (Lipinski definition) is 6. The number of nitrogens with zero attached hydrogens (tertiary/aromatic N) is 2. The molecule has 0 saturated carbocycles. The Hall–Kier alpha value is -1.73. The summed E-state index contributed by atoms with van der Waals surface area (Å²) >= 11 is 3.69. The lowest BCUT2D eigenvalue weighted by molar-refractivity contribution is 0.0667. The Morgan fingerprint density at radius 3 is 2.88 bits per heavy atom. The molecule has 7 heteroatoms. The molecule has 1 aromatic carbocycles. The maximum Gasteiger partial charge on any atom is 0.289 e. The molecule has 2 aliphatic rings. The number of thioether (sulfide) groups is 2. The van der Waals surface area contributed by atoms with E-state index in [1.165, 1.54) is 10.4 Å². The summed E-state index contributed by atoms with van der Waals surface area (Å²) in [5.74, 6) is 2.73. The second-order valence-corrected chi connectivity index (χ2v) is 8.86. The van der Waals surface area contributed by atoms with Crippen LogP contribution in [0.3, 0.4) is 0 Å². The second kappa shape index (κ2) is 7.88. The number of benzene rings is 1. The van der Waals surface area contributed by atoms with Crippen LogP contribution in [0.25, 0.3) is 11.0 Å². The maximum atomic E-state index is 12.7. The highest BCUT2D eigenvalue weighted by atomic mass is 32.2. The minimum Gasteiger partial charge on any atom is -0.451 e. The van der Waals surface area contributed by atoms with Gasteiger partial charge in [0.15, 0.2) is 11.2 Å². The van der Waals surface area contributed by atoms with Crippen LogP contribution < -0.4 is 5.43 Å². The van der Waals surface area contributed by atoms with Gasteiger partial charge in [0.1, 0.15) is 9.96 Å². The van der Waals surface area contributed by atoms with Crippen molar-refractivity contribution in [2.24, 2.45) is 10.9 Å². The summed E-state index contributed by atoms with van der Waals surface area (Å²) in [4.78, 5) is 31.2. The van der Waals surface area contributed by atoms with Gasteiger partial charge in [-0.1, -0.05) is 35.7 Å². The van der Waals surface area contributed by atoms with Crippen molar-refractivity contribution in [1.82, 2.24) is 4.90 Å². The number of rotatable bonds is 3. The first-order valence-corrected chi connectivity index (χ1v) is 10.8. The van der Waals surface area contributed by atoms with Crippen LogP contribution in [0.15, 0.2) is 44.5 Å². The van der Waals surface area contributed by atoms with Gasteiger partial charge in [-0.05, 0) is 30.9 Å². The summed E-state index contributed by atoms with van der Waals surface area (Å²) in [5, 5.41) is 0.507. The normalized spacial score (nSPS) is 18.3. The first-order chi connectivity index (χ1) is 12.7. The molecule has 0 bridgehead atoms. The van der Waals surface area contributed by atoms with E-state index < -0.39 is 0 Å². The molecule has 0 aliphatic carbocycles. The van der Waals surface area contributed by atoms with Gasteiger partial charge >= 0.3 is 0 Å². The molecule has 4 rings (SSSR count). The molecule has 0 atom stereocenters. The standard InChI is InChI=1S/C19H20N2O3S2/c22-15-11-17(24-16-4-2-1-3-14(15)16)18(23)21-8-5-13(6-9-21)12-26-19-20-7-10-25-19/h1-4,11,13H,5-10,12H2. The number of carbonyl (C=O) groups excluding carboxylic acids is 1. The minimum absolute atomic E-state index is 0.137. The summed E-state index contributed by atoms with van der Waals surface area (Å²) in [6, 6.07) is 8.35. The molecule has 5 nitrogen and oxygen atoms in total. The lowest BCUT2D eigenvalue weighted by Crippen LogP contribution is -2.39. The van der Waals surface area contributed by atoms with Crippen molar-refractivity contribution in [3.63, 3.8) is 0 Å². The van der Waals surface area contributed by atoms with Crippen LogP contribution in [0, 0.1) is 5.92 Å². The Bertz CT molecular complexity index is 901. The molecule has 1 fully saturated rings. The third kappa shape index (κ3) is 3.83. The lowest BCUT2D eigenvalue weighted by atomic mass is 9.99. The van der Waals surface area contributed by atoms with Gasteiger partial charge in [0, 0.05) is 30.7 Å². The number of piperidine rings is 1. The number of likely N-dealkylation sites (tertiary alicyclic amines) is 1. The quantitative estimate of drug-likeness (QED) is 0.805. The molecule has 2 aliphatic heterocycles. The Balaban J connectivity index is 1.38. The Labute approximate surface area is 160 Å². The van der Waals surface area contributed by atoms with E-state index in [1.54, 1.807) is 29.2 Å². The van der Waals surface area contributed by atoms with Crippen LogP contribution in [-0.2, 0) is 0 Å². The van der Waals surface area contributed by atoms with Gasteiger partial charge in [-0.15, -0.1) is 0 Å². The zero-order valence-corrected chi connectivity index (χ0v) is 16.0. The first-order valence-electron chi connectivity index (χ1n) is 8.83. The molecule has 1 amide bonds. The Morgan fingerprint density at radius 2 is 2.12 bits per heavy atom. The molecule has 3 heterocycles. The number of carbonyl (C=O) groups is 1. The monoisotopic (exact) mass is 388 g/mol. The average Bonchev–Trinajstić information content (AvgIpc) is 3.20. The average molecular weight is 389 g/mol. The highest BCUT2D eigenvalue weighted by Crippen LogP contribution is 2.28. The van der Waals surface area contributed by atoms with Crippen molar-refractivity contribution >= 4 is 44.8 Å². The van der Waals surface area contributed by atoms with Crippen LogP contribution in [0.5, 0.6) is 0 Å². The molecule has 136 valence electrons. The summed E-state index contributed by atoms with van der Waals surface area (Å²) in [7, 11) is 0. The van der Waals surface area contributed by atoms with E-state index in [1.807, 2.05) is 23.5 Å². The van der Waals surface area contributed by atoms with Gasteiger partial charge in [-0.3, -0.25) is 14.6 Å². The van der Waals surface area contributed by atoms with Crippen molar-refractivity contribution < 1.29 is 9.21 Å². The lowest BCUT2D eigenvalue weighted by Gasteiger charge is -2.31. The minimum atomic E-state index is -0.185. The van der Waals surface area contributed by atoms with E-state index in [-0.39, 0.29) is 17.1 Å². The number of aliphatic imine (C=N–C) groups is 1. The van der Waals surface area contributed by atoms with Gasteiger partial charge in [0.25, 0.3) is 5.91 Å². The van der Waals surface area contributed by atoms with E-state index in [0.717, 1.165) is 30.9 Å². The third-order valence-electron chi connectivity index (χ3n) is 4.75. The van der Waals surface area contributed by atoms with Crippen molar-refractivity contribution in [3.8, 4) is 0 Å². The van der Waals surface area contributed by atoms with Crippen LogP contribution >= 0.6 is 23.5 Å². The fraction of sp³-hybridized carbons (Fsp3) is 0.421. The fourth-order valence-corrected chi connectivity index (χ4v) is 5.48. The molecule has 26 heavy (non-hydrogen) atoms.